The number of anilines is 2. The van der Waals surface area contributed by atoms with Crippen LogP contribution in [-0.4, -0.2) is 48.9 Å². The molecule has 0 radical (unpaired) electrons. The number of halogens is 1. The lowest BCUT2D eigenvalue weighted by molar-refractivity contribution is -0.130. The van der Waals surface area contributed by atoms with E-state index in [1.165, 1.54) is 30.5 Å². The smallest absolute Gasteiger partial charge is 0.155 e. The van der Waals surface area contributed by atoms with E-state index in [4.69, 9.17) is 0 Å². The fourth-order valence-electron chi connectivity index (χ4n) is 6.17. The van der Waals surface area contributed by atoms with Crippen LogP contribution in [0.4, 0.5) is 15.8 Å². The van der Waals surface area contributed by atoms with Crippen LogP contribution in [0.1, 0.15) is 49.7 Å². The minimum atomic E-state index is -0.184. The zero-order valence-corrected chi connectivity index (χ0v) is 19.7. The van der Waals surface area contributed by atoms with Gasteiger partial charge in [-0.2, -0.15) is 0 Å². The number of carbonyl (C=O) groups is 1. The molecule has 2 aromatic carbocycles. The number of ketones is 1. The molecule has 2 aromatic rings. The number of aryl methyl sites for hydroxylation is 2. The summed E-state index contributed by atoms with van der Waals surface area (Å²) >= 11 is 0. The predicted molar refractivity (Wildman–Crippen MR) is 132 cm³/mol. The van der Waals surface area contributed by atoms with Crippen LogP contribution in [0.25, 0.3) is 0 Å². The summed E-state index contributed by atoms with van der Waals surface area (Å²) in [5, 5.41) is 3.75. The summed E-state index contributed by atoms with van der Waals surface area (Å²) in [6, 6.07) is 13.7. The van der Waals surface area contributed by atoms with Gasteiger partial charge in [-0.05, 0) is 68.0 Å². The number of Topliss-reactive ketones (excluding diaryl/α,β-unsaturated/α-hetero) is 1. The summed E-state index contributed by atoms with van der Waals surface area (Å²) in [7, 11) is 0. The molecule has 1 aliphatic carbocycles. The molecule has 0 spiro atoms. The molecule has 1 saturated carbocycles. The van der Waals surface area contributed by atoms with E-state index in [9.17, 15) is 9.18 Å². The molecular formula is C28H36FN3O. The number of nitrogens with one attached hydrogen (secondary N) is 1. The van der Waals surface area contributed by atoms with Crippen LogP contribution in [0.2, 0.25) is 0 Å². The molecule has 2 fully saturated rings. The van der Waals surface area contributed by atoms with Gasteiger partial charge in [-0.1, -0.05) is 37.5 Å². The zero-order valence-electron chi connectivity index (χ0n) is 19.7. The Morgan fingerprint density at radius 1 is 1.00 bits per heavy atom. The topological polar surface area (TPSA) is 35.6 Å². The Balaban J connectivity index is 1.34. The molecule has 176 valence electrons. The van der Waals surface area contributed by atoms with Crippen LogP contribution in [0.5, 0.6) is 0 Å². The summed E-state index contributed by atoms with van der Waals surface area (Å²) in [5.41, 5.74) is 4.63. The third-order valence-corrected chi connectivity index (χ3v) is 7.97. The molecule has 5 heteroatoms. The number of nitrogens with zero attached hydrogens (tertiary/aromatic N) is 2. The summed E-state index contributed by atoms with van der Waals surface area (Å²) in [5.74, 6) is 0.481. The molecular weight excluding hydrogens is 413 g/mol. The van der Waals surface area contributed by atoms with Gasteiger partial charge in [-0.25, -0.2) is 4.39 Å². The van der Waals surface area contributed by atoms with Crippen LogP contribution in [-0.2, 0) is 11.2 Å². The van der Waals surface area contributed by atoms with E-state index in [0.29, 0.717) is 5.78 Å². The van der Waals surface area contributed by atoms with Crippen molar-refractivity contribution in [2.24, 2.45) is 5.92 Å². The number of benzene rings is 2. The Hall–Kier alpha value is -2.40. The summed E-state index contributed by atoms with van der Waals surface area (Å²) in [6.07, 6.45) is 7.75. The highest BCUT2D eigenvalue weighted by molar-refractivity contribution is 5.88. The Kier molecular flexibility index (Phi) is 6.68. The van der Waals surface area contributed by atoms with Crippen molar-refractivity contribution in [2.75, 3.05) is 36.4 Å². The average molecular weight is 450 g/mol. The van der Waals surface area contributed by atoms with Crippen molar-refractivity contribution in [3.63, 3.8) is 0 Å². The predicted octanol–water partition coefficient (Wildman–Crippen LogP) is 5.20. The molecule has 5 rings (SSSR count). The first kappa shape index (κ1) is 22.4. The van der Waals surface area contributed by atoms with Gasteiger partial charge < -0.3 is 10.2 Å². The fourth-order valence-corrected chi connectivity index (χ4v) is 6.17. The molecule has 33 heavy (non-hydrogen) atoms. The number of carbonyl (C=O) groups excluding carboxylic acids is 1. The van der Waals surface area contributed by atoms with Crippen molar-refractivity contribution in [3.05, 3.63) is 59.4 Å². The Bertz CT molecular complexity index is 979. The molecule has 2 unspecified atom stereocenters. The van der Waals surface area contributed by atoms with Crippen molar-refractivity contribution in [2.45, 2.75) is 64.0 Å². The maximum absolute atomic E-state index is 13.9. The van der Waals surface area contributed by atoms with Gasteiger partial charge in [-0.15, -0.1) is 0 Å². The van der Waals surface area contributed by atoms with Gasteiger partial charge in [0.25, 0.3) is 0 Å². The summed E-state index contributed by atoms with van der Waals surface area (Å²) in [6.45, 7) is 5.43. The molecule has 0 amide bonds. The van der Waals surface area contributed by atoms with Crippen molar-refractivity contribution >= 4 is 17.2 Å². The van der Waals surface area contributed by atoms with Gasteiger partial charge in [0.15, 0.2) is 5.78 Å². The van der Waals surface area contributed by atoms with Gasteiger partial charge in [0.05, 0.1) is 6.04 Å². The van der Waals surface area contributed by atoms with Crippen molar-refractivity contribution in [3.8, 4) is 0 Å². The van der Waals surface area contributed by atoms with E-state index in [2.05, 4.69) is 39.4 Å². The lowest BCUT2D eigenvalue weighted by Gasteiger charge is -2.45. The molecule has 1 N–H and O–H groups in total. The lowest BCUT2D eigenvalue weighted by atomic mass is 9.80. The molecule has 2 heterocycles. The van der Waals surface area contributed by atoms with E-state index in [1.807, 2.05) is 13.0 Å². The summed E-state index contributed by atoms with van der Waals surface area (Å²) in [4.78, 5) is 18.7. The van der Waals surface area contributed by atoms with E-state index < -0.39 is 0 Å². The second-order valence-corrected chi connectivity index (χ2v) is 10.1. The fraction of sp³-hybridized carbons (Fsp3) is 0.536. The maximum atomic E-state index is 13.9. The van der Waals surface area contributed by atoms with Crippen molar-refractivity contribution in [1.29, 1.82) is 0 Å². The monoisotopic (exact) mass is 449 g/mol. The highest BCUT2D eigenvalue weighted by Gasteiger charge is 2.40. The Labute approximate surface area is 197 Å². The van der Waals surface area contributed by atoms with E-state index >= 15 is 0 Å². The molecule has 3 aliphatic rings. The van der Waals surface area contributed by atoms with Crippen LogP contribution in [0.15, 0.2) is 42.5 Å². The summed E-state index contributed by atoms with van der Waals surface area (Å²) < 4.78 is 13.6. The standard InChI is InChI=1S/C28H36FN3O/c1-20-19-23(29)12-14-26(20)31-15-17-32(18-16-31)27(28(33)22-8-3-2-4-9-22)25-13-11-21-7-5-6-10-24(21)30-25/h5-7,10,12,14,19,22,25,27,30H,2-4,8-9,11,13,15-18H2,1H3. The van der Waals surface area contributed by atoms with E-state index in [-0.39, 0.29) is 23.8 Å². The quantitative estimate of drug-likeness (QED) is 0.681. The number of fused-ring (bicyclic) bond motifs is 1. The average Bonchev–Trinajstić information content (AvgIpc) is 2.85. The maximum Gasteiger partial charge on any atom is 0.155 e. The third kappa shape index (κ3) is 4.79. The second kappa shape index (κ2) is 9.84. The number of hydrogen-bond donors (Lipinski definition) is 1. The number of piperazine rings is 1. The lowest BCUT2D eigenvalue weighted by Crippen LogP contribution is -2.60. The van der Waals surface area contributed by atoms with Gasteiger partial charge in [-0.3, -0.25) is 9.69 Å². The zero-order chi connectivity index (χ0) is 22.8. The van der Waals surface area contributed by atoms with E-state index in [1.54, 1.807) is 12.1 Å². The minimum Gasteiger partial charge on any atom is -0.380 e. The van der Waals surface area contributed by atoms with Gasteiger partial charge >= 0.3 is 0 Å². The second-order valence-electron chi connectivity index (χ2n) is 10.1. The first-order valence-electron chi connectivity index (χ1n) is 12.7. The van der Waals surface area contributed by atoms with Crippen LogP contribution in [0.3, 0.4) is 0 Å². The third-order valence-electron chi connectivity index (χ3n) is 7.97. The molecule has 0 aromatic heterocycles. The van der Waals surface area contributed by atoms with Crippen molar-refractivity contribution < 1.29 is 9.18 Å². The first-order chi connectivity index (χ1) is 16.1. The normalized spacial score (nSPS) is 23.0. The molecule has 2 atom stereocenters. The number of rotatable bonds is 5. The highest BCUT2D eigenvalue weighted by Crippen LogP contribution is 2.33. The molecule has 1 saturated heterocycles. The van der Waals surface area contributed by atoms with Crippen LogP contribution >= 0.6 is 0 Å². The SMILES string of the molecule is Cc1cc(F)ccc1N1CCN(C(C(=O)C2CCCCC2)C2CCc3ccccc3N2)CC1. The van der Waals surface area contributed by atoms with Crippen LogP contribution in [0, 0.1) is 18.7 Å². The molecule has 4 nitrogen and oxygen atoms in total. The largest absolute Gasteiger partial charge is 0.380 e. The van der Waals surface area contributed by atoms with Crippen LogP contribution < -0.4 is 10.2 Å². The van der Waals surface area contributed by atoms with Gasteiger partial charge in [0.1, 0.15) is 5.82 Å². The van der Waals surface area contributed by atoms with Gasteiger partial charge in [0, 0.05) is 49.5 Å². The number of para-hydroxylation sites is 1. The Morgan fingerprint density at radius 2 is 1.76 bits per heavy atom. The first-order valence-corrected chi connectivity index (χ1v) is 12.7. The minimum absolute atomic E-state index is 0.0714. The van der Waals surface area contributed by atoms with Gasteiger partial charge in [0.2, 0.25) is 0 Å². The number of hydrogen-bond acceptors (Lipinski definition) is 4. The highest BCUT2D eigenvalue weighted by atomic mass is 19.1. The molecule has 0 bridgehead atoms. The van der Waals surface area contributed by atoms with Crippen molar-refractivity contribution in [1.82, 2.24) is 4.90 Å². The van der Waals surface area contributed by atoms with E-state index in [0.717, 1.165) is 63.1 Å². The molecule has 2 aliphatic heterocycles. The Morgan fingerprint density at radius 3 is 2.52 bits per heavy atom.